The lowest BCUT2D eigenvalue weighted by Crippen LogP contribution is -2.37. The summed E-state index contributed by atoms with van der Waals surface area (Å²) in [4.78, 5) is 27.8. The van der Waals surface area contributed by atoms with Gasteiger partial charge in [0.2, 0.25) is 11.9 Å². The lowest BCUT2D eigenvalue weighted by molar-refractivity contribution is -0.132. The van der Waals surface area contributed by atoms with Crippen molar-refractivity contribution in [2.45, 2.75) is 39.2 Å². The maximum absolute atomic E-state index is 12.2. The minimum Gasteiger partial charge on any atom is -0.334 e. The molecule has 0 bridgehead atoms. The lowest BCUT2D eigenvalue weighted by atomic mass is 9.98. The van der Waals surface area contributed by atoms with Gasteiger partial charge < -0.3 is 10.2 Å². The first-order valence-electron chi connectivity index (χ1n) is 9.58. The second-order valence-electron chi connectivity index (χ2n) is 7.07. The van der Waals surface area contributed by atoms with Crippen LogP contribution >= 0.6 is 11.6 Å². The van der Waals surface area contributed by atoms with Crippen molar-refractivity contribution in [1.82, 2.24) is 30.0 Å². The van der Waals surface area contributed by atoms with E-state index in [2.05, 4.69) is 25.5 Å². The molecule has 3 heterocycles. The van der Waals surface area contributed by atoms with Crippen LogP contribution in [0.3, 0.4) is 0 Å². The topological polar surface area (TPSA) is 99.7 Å². The van der Waals surface area contributed by atoms with Gasteiger partial charge in [-0.1, -0.05) is 23.7 Å². The molecule has 8 nitrogen and oxygen atoms in total. The van der Waals surface area contributed by atoms with Crippen molar-refractivity contribution < 1.29 is 4.79 Å². The average molecular weight is 412 g/mol. The van der Waals surface area contributed by atoms with E-state index in [1.807, 2.05) is 36.1 Å². The summed E-state index contributed by atoms with van der Waals surface area (Å²) in [5.74, 6) is 2.22. The van der Waals surface area contributed by atoms with Crippen LogP contribution in [-0.4, -0.2) is 42.5 Å². The van der Waals surface area contributed by atoms with Gasteiger partial charge in [0.25, 0.3) is 0 Å². The van der Waals surface area contributed by atoms with Gasteiger partial charge in [0, 0.05) is 25.1 Å². The highest BCUT2D eigenvalue weighted by molar-refractivity contribution is 6.33. The van der Waals surface area contributed by atoms with Crippen LogP contribution in [0.1, 0.15) is 43.7 Å². The van der Waals surface area contributed by atoms with E-state index in [9.17, 15) is 4.79 Å². The number of aromatic amines is 1. The zero-order valence-corrected chi connectivity index (χ0v) is 17.1. The summed E-state index contributed by atoms with van der Waals surface area (Å²) in [6.45, 7) is 4.16. The Bertz CT molecular complexity index is 1040. The molecule has 150 valence electrons. The van der Waals surface area contributed by atoms with Gasteiger partial charge >= 0.3 is 0 Å². The van der Waals surface area contributed by atoms with Crippen molar-refractivity contribution in [3.8, 4) is 11.4 Å². The van der Waals surface area contributed by atoms with E-state index < -0.39 is 0 Å². The quantitative estimate of drug-likeness (QED) is 0.672. The van der Waals surface area contributed by atoms with Crippen LogP contribution < -0.4 is 5.32 Å². The number of nitrogens with zero attached hydrogens (tertiary/aromatic N) is 5. The minimum absolute atomic E-state index is 0.0479. The third kappa shape index (κ3) is 4.22. The average Bonchev–Trinajstić information content (AvgIpc) is 3.12. The highest BCUT2D eigenvalue weighted by Gasteiger charge is 2.28. The number of hydrogen-bond acceptors (Lipinski definition) is 6. The molecule has 3 aromatic rings. The van der Waals surface area contributed by atoms with E-state index >= 15 is 0 Å². The molecule has 2 N–H and O–H groups in total. The second kappa shape index (κ2) is 8.16. The number of H-pyrrole nitrogens is 1. The number of nitrogens with one attached hydrogen (secondary N) is 2. The molecule has 1 unspecified atom stereocenters. The Morgan fingerprint density at radius 1 is 1.24 bits per heavy atom. The van der Waals surface area contributed by atoms with Crippen molar-refractivity contribution in [2.75, 3.05) is 11.9 Å². The van der Waals surface area contributed by atoms with Crippen molar-refractivity contribution in [1.29, 1.82) is 0 Å². The SMILES string of the molecule is CC(=O)N1CCCCC1c1cc(Nc2n[nH]c(C)n2)nc(-c2ccccc2Cl)n1. The number of amides is 1. The fraction of sp³-hybridized carbons (Fsp3) is 0.350. The molecule has 0 spiro atoms. The molecule has 29 heavy (non-hydrogen) atoms. The number of rotatable bonds is 4. The third-order valence-electron chi connectivity index (χ3n) is 4.95. The van der Waals surface area contributed by atoms with E-state index in [4.69, 9.17) is 16.6 Å². The maximum Gasteiger partial charge on any atom is 0.247 e. The van der Waals surface area contributed by atoms with E-state index in [0.717, 1.165) is 37.1 Å². The molecule has 1 fully saturated rings. The lowest BCUT2D eigenvalue weighted by Gasteiger charge is -2.34. The second-order valence-corrected chi connectivity index (χ2v) is 7.48. The van der Waals surface area contributed by atoms with Crippen LogP contribution in [-0.2, 0) is 4.79 Å². The van der Waals surface area contributed by atoms with Gasteiger partial charge in [0.15, 0.2) is 5.82 Å². The van der Waals surface area contributed by atoms with Crippen molar-refractivity contribution in [3.63, 3.8) is 0 Å². The molecule has 0 radical (unpaired) electrons. The van der Waals surface area contributed by atoms with E-state index in [1.54, 1.807) is 13.0 Å². The Hall–Kier alpha value is -3.00. The number of halogens is 1. The Labute approximate surface area is 173 Å². The van der Waals surface area contributed by atoms with Gasteiger partial charge in [-0.2, -0.15) is 4.98 Å². The molecule has 1 atom stereocenters. The Balaban J connectivity index is 1.79. The maximum atomic E-state index is 12.2. The van der Waals surface area contributed by atoms with E-state index in [-0.39, 0.29) is 11.9 Å². The first-order chi connectivity index (χ1) is 14.0. The fourth-order valence-corrected chi connectivity index (χ4v) is 3.81. The predicted molar refractivity (Wildman–Crippen MR) is 111 cm³/mol. The van der Waals surface area contributed by atoms with Gasteiger partial charge in [0.05, 0.1) is 16.8 Å². The number of carbonyl (C=O) groups is 1. The highest BCUT2D eigenvalue weighted by atomic mass is 35.5. The normalized spacial score (nSPS) is 16.7. The predicted octanol–water partition coefficient (Wildman–Crippen LogP) is 4.04. The summed E-state index contributed by atoms with van der Waals surface area (Å²) in [6.07, 6.45) is 2.90. The smallest absolute Gasteiger partial charge is 0.247 e. The van der Waals surface area contributed by atoms with Crippen molar-refractivity contribution >= 4 is 29.3 Å². The largest absolute Gasteiger partial charge is 0.334 e. The fourth-order valence-electron chi connectivity index (χ4n) is 3.59. The number of aromatic nitrogens is 5. The number of piperidine rings is 1. The van der Waals surface area contributed by atoms with Crippen LogP contribution in [0.25, 0.3) is 11.4 Å². The molecule has 1 saturated heterocycles. The molecule has 9 heteroatoms. The first kappa shape index (κ1) is 19.3. The Morgan fingerprint density at radius 3 is 2.79 bits per heavy atom. The molecule has 1 aliphatic heterocycles. The van der Waals surface area contributed by atoms with Crippen LogP contribution in [0.2, 0.25) is 5.02 Å². The van der Waals surface area contributed by atoms with Gasteiger partial charge in [-0.3, -0.25) is 9.89 Å². The van der Waals surface area contributed by atoms with E-state index in [0.29, 0.717) is 28.4 Å². The van der Waals surface area contributed by atoms with E-state index in [1.165, 1.54) is 0 Å². The number of carbonyl (C=O) groups excluding carboxylic acids is 1. The molecule has 0 saturated carbocycles. The standard InChI is InChI=1S/C20H22ClN7O/c1-12-22-20(27-26-12)25-18-11-16(17-9-5-6-10-28(17)13(2)29)23-19(24-18)14-7-3-4-8-15(14)21/h3-4,7-8,11,17H,5-6,9-10H2,1-2H3,(H2,22,23,24,25,26,27). The molecule has 2 aromatic heterocycles. The minimum atomic E-state index is -0.0973. The van der Waals surface area contributed by atoms with Crippen LogP contribution in [0, 0.1) is 6.92 Å². The number of anilines is 2. The van der Waals surface area contributed by atoms with Crippen molar-refractivity contribution in [2.24, 2.45) is 0 Å². The zero-order chi connectivity index (χ0) is 20.4. The van der Waals surface area contributed by atoms with Gasteiger partial charge in [-0.25, -0.2) is 9.97 Å². The number of likely N-dealkylation sites (tertiary alicyclic amines) is 1. The van der Waals surface area contributed by atoms with Crippen molar-refractivity contribution in [3.05, 3.63) is 46.9 Å². The summed E-state index contributed by atoms with van der Waals surface area (Å²) in [5, 5.41) is 10.6. The van der Waals surface area contributed by atoms with Crippen LogP contribution in [0.4, 0.5) is 11.8 Å². The number of benzene rings is 1. The van der Waals surface area contributed by atoms with Gasteiger partial charge in [-0.15, -0.1) is 5.10 Å². The Morgan fingerprint density at radius 2 is 2.07 bits per heavy atom. The molecule has 1 aromatic carbocycles. The zero-order valence-electron chi connectivity index (χ0n) is 16.3. The molecular weight excluding hydrogens is 390 g/mol. The van der Waals surface area contributed by atoms with Gasteiger partial charge in [0.1, 0.15) is 11.6 Å². The third-order valence-corrected chi connectivity index (χ3v) is 5.28. The molecule has 1 aliphatic rings. The van der Waals surface area contributed by atoms with Gasteiger partial charge in [-0.05, 0) is 38.3 Å². The first-order valence-corrected chi connectivity index (χ1v) is 9.96. The number of aryl methyl sites for hydroxylation is 1. The summed E-state index contributed by atoms with van der Waals surface area (Å²) in [5.41, 5.74) is 1.51. The summed E-state index contributed by atoms with van der Waals surface area (Å²) >= 11 is 6.40. The van der Waals surface area contributed by atoms with Crippen LogP contribution in [0.15, 0.2) is 30.3 Å². The molecule has 0 aliphatic carbocycles. The molecular formula is C20H22ClN7O. The highest BCUT2D eigenvalue weighted by Crippen LogP contribution is 2.33. The summed E-state index contributed by atoms with van der Waals surface area (Å²) in [7, 11) is 0. The molecule has 4 rings (SSSR count). The summed E-state index contributed by atoms with van der Waals surface area (Å²) in [6, 6.07) is 9.21. The monoisotopic (exact) mass is 411 g/mol. The number of hydrogen-bond donors (Lipinski definition) is 2. The Kier molecular flexibility index (Phi) is 5.44. The molecule has 1 amide bonds. The summed E-state index contributed by atoms with van der Waals surface area (Å²) < 4.78 is 0. The van der Waals surface area contributed by atoms with Crippen LogP contribution in [0.5, 0.6) is 0 Å².